The third kappa shape index (κ3) is 6.15. The Morgan fingerprint density at radius 2 is 1.83 bits per heavy atom. The number of thiophene rings is 1. The van der Waals surface area contributed by atoms with Crippen LogP contribution in [0.4, 0.5) is 10.1 Å². The standard InChI is InChI=1S/C38H36FN5O2S/c1-21(2)19-31-33(37(40)45)35(34(38-44-43-22(3)46-38)29(42-31)17-13-23-11-15-26(39)16-12-23)32-20-25-8-6-10-30(36(25)47-32)41-28-18-14-24-7-4-5-9-27(24)28/h4-12,15-16,20-21,28,41H,13-14,17-19H2,1-3H3,(H2,40,45). The summed E-state index contributed by atoms with van der Waals surface area (Å²) in [5.74, 6) is 0.0847. The van der Waals surface area contributed by atoms with E-state index in [2.05, 4.69) is 77.9 Å². The third-order valence-corrected chi connectivity index (χ3v) is 9.95. The van der Waals surface area contributed by atoms with Crippen molar-refractivity contribution >= 4 is 33.0 Å². The number of benzene rings is 3. The fraction of sp³-hybridized carbons (Fsp3) is 0.263. The number of halogens is 1. The fourth-order valence-corrected chi connectivity index (χ4v) is 7.85. The summed E-state index contributed by atoms with van der Waals surface area (Å²) in [5.41, 5.74) is 14.0. The molecule has 0 spiro atoms. The van der Waals surface area contributed by atoms with E-state index >= 15 is 0 Å². The quantitative estimate of drug-likeness (QED) is 0.154. The van der Waals surface area contributed by atoms with Gasteiger partial charge in [-0.15, -0.1) is 21.5 Å². The minimum atomic E-state index is -0.552. The van der Waals surface area contributed by atoms with Gasteiger partial charge in [0.1, 0.15) is 5.82 Å². The number of pyridine rings is 1. The van der Waals surface area contributed by atoms with Crippen molar-refractivity contribution in [3.8, 4) is 21.9 Å². The van der Waals surface area contributed by atoms with Crippen molar-refractivity contribution in [3.63, 3.8) is 0 Å². The van der Waals surface area contributed by atoms with E-state index in [4.69, 9.17) is 15.1 Å². The first kappa shape index (κ1) is 30.7. The molecule has 0 fully saturated rings. The van der Waals surface area contributed by atoms with Crippen LogP contribution in [0.5, 0.6) is 0 Å². The van der Waals surface area contributed by atoms with Gasteiger partial charge in [0, 0.05) is 17.4 Å². The van der Waals surface area contributed by atoms with Gasteiger partial charge < -0.3 is 15.5 Å². The number of nitrogens with one attached hydrogen (secondary N) is 1. The van der Waals surface area contributed by atoms with Crippen LogP contribution in [0, 0.1) is 18.7 Å². The molecule has 3 heterocycles. The summed E-state index contributed by atoms with van der Waals surface area (Å²) in [4.78, 5) is 19.4. The van der Waals surface area contributed by atoms with Gasteiger partial charge in [0.25, 0.3) is 5.91 Å². The maximum Gasteiger partial charge on any atom is 0.251 e. The lowest BCUT2D eigenvalue weighted by molar-refractivity contribution is 0.0999. The van der Waals surface area contributed by atoms with Gasteiger partial charge in [0.15, 0.2) is 0 Å². The van der Waals surface area contributed by atoms with Gasteiger partial charge in [0.05, 0.1) is 38.9 Å². The molecule has 1 atom stereocenters. The molecule has 0 bridgehead atoms. The molecule has 6 aromatic rings. The number of nitrogens with two attached hydrogens (primary N) is 1. The molecule has 0 aliphatic heterocycles. The second kappa shape index (κ2) is 12.7. The number of carbonyl (C=O) groups excluding carboxylic acids is 1. The smallest absolute Gasteiger partial charge is 0.251 e. The molecular weight excluding hydrogens is 610 g/mol. The van der Waals surface area contributed by atoms with Crippen molar-refractivity contribution in [1.82, 2.24) is 15.2 Å². The van der Waals surface area contributed by atoms with E-state index in [1.807, 2.05) is 0 Å². The second-order valence-electron chi connectivity index (χ2n) is 12.6. The van der Waals surface area contributed by atoms with Gasteiger partial charge in [-0.05, 0) is 84.4 Å². The Bertz CT molecular complexity index is 2100. The van der Waals surface area contributed by atoms with Crippen molar-refractivity contribution in [2.75, 3.05) is 5.32 Å². The molecule has 238 valence electrons. The van der Waals surface area contributed by atoms with Crippen LogP contribution in [0.25, 0.3) is 32.0 Å². The lowest BCUT2D eigenvalue weighted by Gasteiger charge is -2.19. The molecule has 7 nitrogen and oxygen atoms in total. The number of hydrogen-bond acceptors (Lipinski definition) is 7. The van der Waals surface area contributed by atoms with E-state index in [9.17, 15) is 9.18 Å². The largest absolute Gasteiger partial charge is 0.421 e. The van der Waals surface area contributed by atoms with E-state index in [1.165, 1.54) is 23.3 Å². The molecule has 1 aliphatic carbocycles. The van der Waals surface area contributed by atoms with Crippen LogP contribution in [0.15, 0.2) is 77.2 Å². The Morgan fingerprint density at radius 3 is 2.57 bits per heavy atom. The average Bonchev–Trinajstić information content (AvgIpc) is 3.79. The van der Waals surface area contributed by atoms with Crippen LogP contribution < -0.4 is 11.1 Å². The molecule has 7 rings (SSSR count). The molecule has 3 aromatic carbocycles. The van der Waals surface area contributed by atoms with Gasteiger partial charge in [-0.2, -0.15) is 0 Å². The van der Waals surface area contributed by atoms with Crippen molar-refractivity contribution < 1.29 is 13.6 Å². The summed E-state index contributed by atoms with van der Waals surface area (Å²) in [6.45, 7) is 5.93. The molecule has 3 aromatic heterocycles. The maximum absolute atomic E-state index is 13.7. The van der Waals surface area contributed by atoms with Crippen LogP contribution in [-0.2, 0) is 25.7 Å². The van der Waals surface area contributed by atoms with Crippen LogP contribution in [0.3, 0.4) is 0 Å². The predicted octanol–water partition coefficient (Wildman–Crippen LogP) is 8.64. The molecule has 0 saturated heterocycles. The summed E-state index contributed by atoms with van der Waals surface area (Å²) >= 11 is 1.61. The lowest BCUT2D eigenvalue weighted by Crippen LogP contribution is -2.20. The zero-order valence-electron chi connectivity index (χ0n) is 26.6. The predicted molar refractivity (Wildman–Crippen MR) is 185 cm³/mol. The van der Waals surface area contributed by atoms with E-state index in [0.717, 1.165) is 44.7 Å². The number of fused-ring (bicyclic) bond motifs is 2. The molecule has 47 heavy (non-hydrogen) atoms. The zero-order chi connectivity index (χ0) is 32.7. The summed E-state index contributed by atoms with van der Waals surface area (Å²) in [6, 6.07) is 23.7. The van der Waals surface area contributed by atoms with Gasteiger partial charge in [0.2, 0.25) is 11.8 Å². The molecule has 1 aliphatic rings. The monoisotopic (exact) mass is 645 g/mol. The number of aryl methyl sites for hydroxylation is 4. The molecule has 1 unspecified atom stereocenters. The van der Waals surface area contributed by atoms with Crippen LogP contribution in [0.2, 0.25) is 0 Å². The summed E-state index contributed by atoms with van der Waals surface area (Å²) in [7, 11) is 0. The van der Waals surface area contributed by atoms with Crippen LogP contribution in [-0.4, -0.2) is 21.1 Å². The number of carbonyl (C=O) groups is 1. The van der Waals surface area contributed by atoms with Crippen molar-refractivity contribution in [2.45, 2.75) is 58.9 Å². The topological polar surface area (TPSA) is 107 Å². The first-order valence-corrected chi connectivity index (χ1v) is 16.8. The van der Waals surface area contributed by atoms with Gasteiger partial charge in [-0.3, -0.25) is 9.78 Å². The Labute approximate surface area is 277 Å². The SMILES string of the molecule is Cc1nnc(-c2c(CCc3ccc(F)cc3)nc(CC(C)C)c(C(N)=O)c2-c2cc3cccc(NC4CCc5ccccc54)c3s2)o1. The van der Waals surface area contributed by atoms with E-state index in [-0.39, 0.29) is 23.7 Å². The van der Waals surface area contributed by atoms with Crippen LogP contribution >= 0.6 is 11.3 Å². The fourth-order valence-electron chi connectivity index (χ4n) is 6.65. The van der Waals surface area contributed by atoms with E-state index < -0.39 is 5.91 Å². The van der Waals surface area contributed by atoms with Gasteiger partial charge >= 0.3 is 0 Å². The Hall–Kier alpha value is -4.89. The number of hydrogen-bond donors (Lipinski definition) is 2. The molecule has 0 radical (unpaired) electrons. The number of rotatable bonds is 10. The second-order valence-corrected chi connectivity index (χ2v) is 13.7. The summed E-state index contributed by atoms with van der Waals surface area (Å²) in [5, 5.41) is 13.4. The highest BCUT2D eigenvalue weighted by molar-refractivity contribution is 7.23. The van der Waals surface area contributed by atoms with E-state index in [0.29, 0.717) is 47.5 Å². The molecule has 3 N–H and O–H groups in total. The number of primary amides is 1. The number of aromatic nitrogens is 3. The number of nitrogens with zero attached hydrogens (tertiary/aromatic N) is 3. The lowest BCUT2D eigenvalue weighted by atomic mass is 9.91. The summed E-state index contributed by atoms with van der Waals surface area (Å²) < 4.78 is 20.8. The van der Waals surface area contributed by atoms with Gasteiger partial charge in [-0.25, -0.2) is 4.39 Å². The minimum Gasteiger partial charge on any atom is -0.421 e. The molecular formula is C38H36FN5O2S. The Morgan fingerprint density at radius 1 is 1.02 bits per heavy atom. The van der Waals surface area contributed by atoms with Crippen molar-refractivity contribution in [2.24, 2.45) is 11.7 Å². The summed E-state index contributed by atoms with van der Waals surface area (Å²) in [6.07, 6.45) is 3.76. The zero-order valence-corrected chi connectivity index (χ0v) is 27.5. The highest BCUT2D eigenvalue weighted by atomic mass is 32.1. The first-order valence-electron chi connectivity index (χ1n) is 16.0. The van der Waals surface area contributed by atoms with E-state index in [1.54, 1.807) is 30.4 Å². The van der Waals surface area contributed by atoms with Gasteiger partial charge in [-0.1, -0.05) is 62.4 Å². The minimum absolute atomic E-state index is 0.220. The molecule has 1 amide bonds. The number of anilines is 1. The highest BCUT2D eigenvalue weighted by Gasteiger charge is 2.30. The molecule has 9 heteroatoms. The third-order valence-electron chi connectivity index (χ3n) is 8.75. The van der Waals surface area contributed by atoms with Crippen molar-refractivity contribution in [1.29, 1.82) is 0 Å². The normalized spacial score (nSPS) is 14.2. The highest BCUT2D eigenvalue weighted by Crippen LogP contribution is 2.46. The number of amides is 1. The Balaban J connectivity index is 1.41. The maximum atomic E-state index is 13.7. The average molecular weight is 646 g/mol. The Kier molecular flexibility index (Phi) is 8.32. The van der Waals surface area contributed by atoms with Crippen LogP contribution in [0.1, 0.15) is 70.6 Å². The first-order chi connectivity index (χ1) is 22.7. The van der Waals surface area contributed by atoms with Crippen molar-refractivity contribution in [3.05, 3.63) is 118 Å². The molecule has 0 saturated carbocycles.